The minimum absolute atomic E-state index is 0.232. The summed E-state index contributed by atoms with van der Waals surface area (Å²) in [7, 11) is 0. The molecule has 0 radical (unpaired) electrons. The maximum atomic E-state index is 11.7. The average Bonchev–Trinajstić information content (AvgIpc) is 2.37. The Bertz CT molecular complexity index is 449. The van der Waals surface area contributed by atoms with Gasteiger partial charge in [-0.15, -0.1) is 0 Å². The van der Waals surface area contributed by atoms with Crippen LogP contribution in [0.2, 0.25) is 0 Å². The molecule has 90 valence electrons. The Morgan fingerprint density at radius 3 is 2.59 bits per heavy atom. The summed E-state index contributed by atoms with van der Waals surface area (Å²) in [6, 6.07) is 5.53. The van der Waals surface area contributed by atoms with E-state index in [-0.39, 0.29) is 6.61 Å². The summed E-state index contributed by atoms with van der Waals surface area (Å²) in [5.41, 5.74) is 2.95. The fourth-order valence-corrected chi connectivity index (χ4v) is 2.19. The van der Waals surface area contributed by atoms with Crippen molar-refractivity contribution >= 4 is 11.8 Å². The van der Waals surface area contributed by atoms with Crippen molar-refractivity contribution in [3.8, 4) is 0 Å². The molecule has 0 saturated carbocycles. The molecule has 17 heavy (non-hydrogen) atoms. The standard InChI is InChI=1S/C14H16O3/c1-2-17-14(16)13(15)12-8-7-10-5-3-4-6-11(10)9-12/h7-9H,2-6H2,1H3. The number of fused-ring (bicyclic) bond motifs is 1. The molecule has 0 aliphatic heterocycles. The van der Waals surface area contributed by atoms with Crippen molar-refractivity contribution in [3.63, 3.8) is 0 Å². The van der Waals surface area contributed by atoms with Gasteiger partial charge in [-0.25, -0.2) is 4.79 Å². The summed E-state index contributed by atoms with van der Waals surface area (Å²) in [5.74, 6) is -1.30. The topological polar surface area (TPSA) is 43.4 Å². The van der Waals surface area contributed by atoms with Crippen molar-refractivity contribution in [1.29, 1.82) is 0 Å². The third-order valence-corrected chi connectivity index (χ3v) is 3.07. The average molecular weight is 232 g/mol. The van der Waals surface area contributed by atoms with Crippen LogP contribution in [0, 0.1) is 0 Å². The molecule has 0 fully saturated rings. The van der Waals surface area contributed by atoms with Crippen LogP contribution in [-0.2, 0) is 22.4 Å². The molecule has 1 aliphatic carbocycles. The van der Waals surface area contributed by atoms with Crippen molar-refractivity contribution in [1.82, 2.24) is 0 Å². The van der Waals surface area contributed by atoms with Gasteiger partial charge in [0.25, 0.3) is 5.78 Å². The van der Waals surface area contributed by atoms with Crippen LogP contribution >= 0.6 is 0 Å². The highest BCUT2D eigenvalue weighted by atomic mass is 16.5. The Morgan fingerprint density at radius 2 is 1.88 bits per heavy atom. The Balaban J connectivity index is 2.22. The first-order valence-electron chi connectivity index (χ1n) is 6.05. The molecule has 1 aromatic carbocycles. The Hall–Kier alpha value is -1.64. The maximum Gasteiger partial charge on any atom is 0.379 e. The number of ketones is 1. The number of carbonyl (C=O) groups excluding carboxylic acids is 2. The number of Topliss-reactive ketones (excluding diaryl/α,β-unsaturated/α-hetero) is 1. The molecule has 0 saturated heterocycles. The predicted molar refractivity (Wildman–Crippen MR) is 64.0 cm³/mol. The van der Waals surface area contributed by atoms with E-state index in [4.69, 9.17) is 4.74 Å². The molecule has 0 amide bonds. The summed E-state index contributed by atoms with van der Waals surface area (Å²) < 4.78 is 4.71. The lowest BCUT2D eigenvalue weighted by Crippen LogP contribution is -2.18. The minimum Gasteiger partial charge on any atom is -0.460 e. The predicted octanol–water partition coefficient (Wildman–Crippen LogP) is 2.31. The lowest BCUT2D eigenvalue weighted by atomic mass is 9.90. The first-order chi connectivity index (χ1) is 8.22. The smallest absolute Gasteiger partial charge is 0.379 e. The molecular formula is C14H16O3. The lowest BCUT2D eigenvalue weighted by Gasteiger charge is -2.15. The van der Waals surface area contributed by atoms with Gasteiger partial charge in [-0.05, 0) is 49.8 Å². The highest BCUT2D eigenvalue weighted by Crippen LogP contribution is 2.22. The van der Waals surface area contributed by atoms with Crippen molar-refractivity contribution in [2.24, 2.45) is 0 Å². The molecule has 3 nitrogen and oxygen atoms in total. The second kappa shape index (κ2) is 5.13. The highest BCUT2D eigenvalue weighted by Gasteiger charge is 2.19. The van der Waals surface area contributed by atoms with Gasteiger partial charge >= 0.3 is 5.97 Å². The van der Waals surface area contributed by atoms with Crippen molar-refractivity contribution < 1.29 is 14.3 Å². The number of aryl methyl sites for hydroxylation is 2. The number of carbonyl (C=O) groups is 2. The van der Waals surface area contributed by atoms with E-state index in [9.17, 15) is 9.59 Å². The molecule has 0 spiro atoms. The van der Waals surface area contributed by atoms with E-state index in [0.717, 1.165) is 19.3 Å². The molecule has 0 unspecified atom stereocenters. The van der Waals surface area contributed by atoms with Gasteiger partial charge in [0.1, 0.15) is 0 Å². The first-order valence-corrected chi connectivity index (χ1v) is 6.05. The Kier molecular flexibility index (Phi) is 3.57. The van der Waals surface area contributed by atoms with Crippen LogP contribution < -0.4 is 0 Å². The van der Waals surface area contributed by atoms with Crippen LogP contribution in [-0.4, -0.2) is 18.4 Å². The zero-order chi connectivity index (χ0) is 12.3. The second-order valence-corrected chi connectivity index (χ2v) is 4.24. The largest absolute Gasteiger partial charge is 0.460 e. The number of hydrogen-bond acceptors (Lipinski definition) is 3. The van der Waals surface area contributed by atoms with Crippen LogP contribution in [0.1, 0.15) is 41.3 Å². The lowest BCUT2D eigenvalue weighted by molar-refractivity contribution is -0.137. The van der Waals surface area contributed by atoms with Crippen LogP contribution in [0.5, 0.6) is 0 Å². The minimum atomic E-state index is -0.761. The van der Waals surface area contributed by atoms with Crippen LogP contribution in [0.3, 0.4) is 0 Å². The number of ether oxygens (including phenoxy) is 1. The monoisotopic (exact) mass is 232 g/mol. The zero-order valence-corrected chi connectivity index (χ0v) is 9.99. The molecule has 0 atom stereocenters. The van der Waals surface area contributed by atoms with Crippen molar-refractivity contribution in [2.75, 3.05) is 6.61 Å². The molecule has 1 aliphatic rings. The molecule has 0 N–H and O–H groups in total. The number of hydrogen-bond donors (Lipinski definition) is 0. The summed E-state index contributed by atoms with van der Waals surface area (Å²) in [4.78, 5) is 23.1. The molecular weight excluding hydrogens is 216 g/mol. The first kappa shape index (κ1) is 11.8. The van der Waals surface area contributed by atoms with Crippen LogP contribution in [0.25, 0.3) is 0 Å². The van der Waals surface area contributed by atoms with Gasteiger partial charge in [0.15, 0.2) is 0 Å². The molecule has 0 heterocycles. The van der Waals surface area contributed by atoms with E-state index < -0.39 is 11.8 Å². The van der Waals surface area contributed by atoms with Gasteiger partial charge in [0.2, 0.25) is 0 Å². The number of benzene rings is 1. The van der Waals surface area contributed by atoms with E-state index in [2.05, 4.69) is 0 Å². The summed E-state index contributed by atoms with van der Waals surface area (Å²) in [6.45, 7) is 1.92. The van der Waals surface area contributed by atoms with E-state index in [1.165, 1.54) is 17.5 Å². The fraction of sp³-hybridized carbons (Fsp3) is 0.429. The molecule has 3 heteroatoms. The summed E-state index contributed by atoms with van der Waals surface area (Å²) in [6.07, 6.45) is 4.44. The summed E-state index contributed by atoms with van der Waals surface area (Å²) in [5, 5.41) is 0. The van der Waals surface area contributed by atoms with E-state index >= 15 is 0 Å². The van der Waals surface area contributed by atoms with Crippen LogP contribution in [0.15, 0.2) is 18.2 Å². The quantitative estimate of drug-likeness (QED) is 0.456. The summed E-state index contributed by atoms with van der Waals surface area (Å²) >= 11 is 0. The van der Waals surface area contributed by atoms with Crippen molar-refractivity contribution in [3.05, 3.63) is 34.9 Å². The number of esters is 1. The molecule has 1 aromatic rings. The number of rotatable bonds is 3. The van der Waals surface area contributed by atoms with E-state index in [1.807, 2.05) is 12.1 Å². The van der Waals surface area contributed by atoms with Gasteiger partial charge < -0.3 is 4.74 Å². The van der Waals surface area contributed by atoms with E-state index in [1.54, 1.807) is 13.0 Å². The Labute approximate surface area is 101 Å². The van der Waals surface area contributed by atoms with Gasteiger partial charge in [0.05, 0.1) is 6.61 Å². The second-order valence-electron chi connectivity index (χ2n) is 4.24. The maximum absolute atomic E-state index is 11.7. The third kappa shape index (κ3) is 2.54. The molecule has 2 rings (SSSR count). The van der Waals surface area contributed by atoms with Crippen molar-refractivity contribution in [2.45, 2.75) is 32.6 Å². The normalized spacial score (nSPS) is 13.9. The highest BCUT2D eigenvalue weighted by molar-refractivity contribution is 6.40. The van der Waals surface area contributed by atoms with E-state index in [0.29, 0.717) is 5.56 Å². The fourth-order valence-electron chi connectivity index (χ4n) is 2.19. The Morgan fingerprint density at radius 1 is 1.18 bits per heavy atom. The SMILES string of the molecule is CCOC(=O)C(=O)c1ccc2c(c1)CCCC2. The van der Waals surface area contributed by atoms with Gasteiger partial charge in [-0.1, -0.05) is 12.1 Å². The van der Waals surface area contributed by atoms with Gasteiger partial charge in [0, 0.05) is 5.56 Å². The molecule has 0 aromatic heterocycles. The van der Waals surface area contributed by atoms with Gasteiger partial charge in [-0.3, -0.25) is 4.79 Å². The third-order valence-electron chi connectivity index (χ3n) is 3.07. The zero-order valence-electron chi connectivity index (χ0n) is 9.99. The van der Waals surface area contributed by atoms with Gasteiger partial charge in [-0.2, -0.15) is 0 Å². The molecule has 0 bridgehead atoms. The van der Waals surface area contributed by atoms with Crippen LogP contribution in [0.4, 0.5) is 0 Å².